The van der Waals surface area contributed by atoms with E-state index in [1.807, 2.05) is 11.8 Å². The Labute approximate surface area is 94.8 Å². The van der Waals surface area contributed by atoms with E-state index < -0.39 is 0 Å². The molecule has 1 saturated heterocycles. The number of fused-ring (bicyclic) bond motifs is 1. The van der Waals surface area contributed by atoms with Gasteiger partial charge in [-0.3, -0.25) is 4.90 Å². The molecule has 0 aliphatic carbocycles. The molecule has 1 aromatic rings. The molecule has 3 rings (SSSR count). The van der Waals surface area contributed by atoms with Crippen LogP contribution in [0.3, 0.4) is 0 Å². The van der Waals surface area contributed by atoms with Gasteiger partial charge < -0.3 is 5.73 Å². The van der Waals surface area contributed by atoms with Crippen LogP contribution in [-0.2, 0) is 0 Å². The molecule has 2 N–H and O–H groups in total. The summed E-state index contributed by atoms with van der Waals surface area (Å²) in [6.45, 7) is 2.15. The summed E-state index contributed by atoms with van der Waals surface area (Å²) in [6, 6.07) is 9.84. The molecule has 1 atom stereocenters. The van der Waals surface area contributed by atoms with Crippen LogP contribution in [0.4, 0.5) is 0 Å². The molecule has 2 aliphatic heterocycles. The first-order valence-corrected chi connectivity index (χ1v) is 6.54. The number of hydrogen-bond acceptors (Lipinski definition) is 3. The maximum absolute atomic E-state index is 5.85. The highest BCUT2D eigenvalue weighted by atomic mass is 32.2. The van der Waals surface area contributed by atoms with Crippen molar-refractivity contribution in [3.05, 3.63) is 29.8 Å². The minimum absolute atomic E-state index is 0.409. The number of nitrogens with zero attached hydrogens (tertiary/aromatic N) is 1. The van der Waals surface area contributed by atoms with Crippen molar-refractivity contribution in [2.24, 2.45) is 5.73 Å². The van der Waals surface area contributed by atoms with Crippen molar-refractivity contribution in [2.75, 3.05) is 18.8 Å². The zero-order chi connectivity index (χ0) is 10.3. The predicted octanol–water partition coefficient (Wildman–Crippen LogP) is 1.87. The van der Waals surface area contributed by atoms with Crippen molar-refractivity contribution in [3.63, 3.8) is 0 Å². The Balaban J connectivity index is 1.86. The summed E-state index contributed by atoms with van der Waals surface area (Å²) < 4.78 is 0. The third-order valence-electron chi connectivity index (χ3n) is 3.31. The Morgan fingerprint density at radius 2 is 2.07 bits per heavy atom. The third-order valence-corrected chi connectivity index (χ3v) is 4.43. The Morgan fingerprint density at radius 3 is 2.87 bits per heavy atom. The van der Waals surface area contributed by atoms with Crippen molar-refractivity contribution in [1.29, 1.82) is 0 Å². The van der Waals surface area contributed by atoms with Crippen LogP contribution >= 0.6 is 11.8 Å². The maximum atomic E-state index is 5.85. The largest absolute Gasteiger partial charge is 0.325 e. The monoisotopic (exact) mass is 220 g/mol. The molecule has 15 heavy (non-hydrogen) atoms. The van der Waals surface area contributed by atoms with E-state index in [1.165, 1.54) is 22.6 Å². The van der Waals surface area contributed by atoms with Crippen molar-refractivity contribution >= 4 is 11.8 Å². The summed E-state index contributed by atoms with van der Waals surface area (Å²) in [5, 5.41) is 0. The van der Waals surface area contributed by atoms with Gasteiger partial charge in [0.2, 0.25) is 0 Å². The fraction of sp³-hybridized carbons (Fsp3) is 0.500. The summed E-state index contributed by atoms with van der Waals surface area (Å²) in [7, 11) is 0. The minimum Gasteiger partial charge on any atom is -0.325 e. The van der Waals surface area contributed by atoms with Crippen LogP contribution in [0.15, 0.2) is 29.2 Å². The second kappa shape index (κ2) is 3.81. The molecule has 2 nitrogen and oxygen atoms in total. The zero-order valence-corrected chi connectivity index (χ0v) is 9.54. The lowest BCUT2D eigenvalue weighted by Gasteiger charge is -2.44. The number of thioether (sulfide) groups is 1. The highest BCUT2D eigenvalue weighted by Crippen LogP contribution is 2.40. The summed E-state index contributed by atoms with van der Waals surface area (Å²) in [5.74, 6) is 1.24. The molecule has 1 unspecified atom stereocenters. The fourth-order valence-electron chi connectivity index (χ4n) is 2.51. The van der Waals surface area contributed by atoms with Gasteiger partial charge in [0, 0.05) is 30.1 Å². The van der Waals surface area contributed by atoms with Gasteiger partial charge in [0.05, 0.1) is 0 Å². The number of nitrogens with two attached hydrogens (primary N) is 1. The van der Waals surface area contributed by atoms with E-state index in [-0.39, 0.29) is 0 Å². The fourth-order valence-corrected chi connectivity index (χ4v) is 3.61. The van der Waals surface area contributed by atoms with E-state index >= 15 is 0 Å². The van der Waals surface area contributed by atoms with Gasteiger partial charge in [0.15, 0.2) is 0 Å². The van der Waals surface area contributed by atoms with E-state index in [2.05, 4.69) is 29.2 Å². The van der Waals surface area contributed by atoms with Crippen molar-refractivity contribution < 1.29 is 0 Å². The zero-order valence-electron chi connectivity index (χ0n) is 8.73. The quantitative estimate of drug-likeness (QED) is 0.783. The average molecular weight is 220 g/mol. The first kappa shape index (κ1) is 9.70. The van der Waals surface area contributed by atoms with E-state index in [0.29, 0.717) is 12.1 Å². The molecule has 0 radical (unpaired) electrons. The Kier molecular flexibility index (Phi) is 2.47. The normalized spacial score (nSPS) is 27.1. The molecule has 1 aromatic carbocycles. The number of rotatable bonds is 1. The molecule has 0 aromatic heterocycles. The van der Waals surface area contributed by atoms with Crippen LogP contribution in [0.2, 0.25) is 0 Å². The molecule has 0 bridgehead atoms. The second-order valence-electron chi connectivity index (χ2n) is 4.40. The van der Waals surface area contributed by atoms with Gasteiger partial charge in [-0.2, -0.15) is 0 Å². The number of benzene rings is 1. The molecule has 0 saturated carbocycles. The van der Waals surface area contributed by atoms with Gasteiger partial charge in [0.1, 0.15) is 0 Å². The highest BCUT2D eigenvalue weighted by molar-refractivity contribution is 7.99. The second-order valence-corrected chi connectivity index (χ2v) is 5.54. The van der Waals surface area contributed by atoms with Crippen molar-refractivity contribution in [2.45, 2.75) is 23.4 Å². The average Bonchev–Trinajstić information content (AvgIpc) is 2.24. The maximum Gasteiger partial charge on any atom is 0.0368 e. The molecule has 80 valence electrons. The summed E-state index contributed by atoms with van der Waals surface area (Å²) in [4.78, 5) is 3.98. The van der Waals surface area contributed by atoms with Crippen molar-refractivity contribution in [3.8, 4) is 0 Å². The molecule has 0 amide bonds. The number of likely N-dealkylation sites (tertiary alicyclic amines) is 1. The van der Waals surface area contributed by atoms with Gasteiger partial charge in [-0.05, 0) is 23.8 Å². The van der Waals surface area contributed by atoms with E-state index in [0.717, 1.165) is 13.1 Å². The smallest absolute Gasteiger partial charge is 0.0368 e. The topological polar surface area (TPSA) is 29.3 Å². The molecule has 2 heterocycles. The molecule has 0 spiro atoms. The summed E-state index contributed by atoms with van der Waals surface area (Å²) in [5.41, 5.74) is 7.36. The Hall–Kier alpha value is -0.510. The van der Waals surface area contributed by atoms with E-state index in [1.54, 1.807) is 0 Å². The first-order valence-electron chi connectivity index (χ1n) is 5.56. The summed E-state index contributed by atoms with van der Waals surface area (Å²) in [6.07, 6.45) is 1.27. The molecular formula is C12H16N2S. The molecule has 1 fully saturated rings. The van der Waals surface area contributed by atoms with Crippen LogP contribution < -0.4 is 5.73 Å². The minimum atomic E-state index is 0.409. The summed E-state index contributed by atoms with van der Waals surface area (Å²) >= 11 is 1.99. The van der Waals surface area contributed by atoms with Crippen LogP contribution in [0.5, 0.6) is 0 Å². The van der Waals surface area contributed by atoms with Gasteiger partial charge in [-0.25, -0.2) is 0 Å². The van der Waals surface area contributed by atoms with Crippen LogP contribution in [-0.4, -0.2) is 29.8 Å². The van der Waals surface area contributed by atoms with Crippen LogP contribution in [0, 0.1) is 0 Å². The first-order chi connectivity index (χ1) is 7.34. The van der Waals surface area contributed by atoms with Gasteiger partial charge >= 0.3 is 0 Å². The van der Waals surface area contributed by atoms with Gasteiger partial charge in [0.25, 0.3) is 0 Å². The van der Waals surface area contributed by atoms with Crippen molar-refractivity contribution in [1.82, 2.24) is 4.90 Å². The lowest BCUT2D eigenvalue weighted by molar-refractivity contribution is 0.0894. The molecular weight excluding hydrogens is 204 g/mol. The standard InChI is InChI=1S/C12H16N2S/c13-9-7-14(8-9)11-5-6-15-12-4-2-1-3-10(11)12/h1-4,9,11H,5-8,13H2. The van der Waals surface area contributed by atoms with Gasteiger partial charge in [-0.1, -0.05) is 18.2 Å². The molecule has 2 aliphatic rings. The SMILES string of the molecule is NC1CN(C2CCSc3ccccc32)C1. The van der Waals surface area contributed by atoms with E-state index in [4.69, 9.17) is 5.73 Å². The van der Waals surface area contributed by atoms with Gasteiger partial charge in [-0.15, -0.1) is 11.8 Å². The van der Waals surface area contributed by atoms with E-state index in [9.17, 15) is 0 Å². The van der Waals surface area contributed by atoms with Crippen LogP contribution in [0.25, 0.3) is 0 Å². The lowest BCUT2D eigenvalue weighted by Crippen LogP contribution is -2.57. The molecule has 3 heteroatoms. The highest BCUT2D eigenvalue weighted by Gasteiger charge is 2.33. The number of hydrogen-bond donors (Lipinski definition) is 1. The lowest BCUT2D eigenvalue weighted by atomic mass is 9.97. The third kappa shape index (κ3) is 1.69. The Morgan fingerprint density at radius 1 is 1.27 bits per heavy atom. The van der Waals surface area contributed by atoms with Crippen LogP contribution in [0.1, 0.15) is 18.0 Å². The predicted molar refractivity (Wildman–Crippen MR) is 64.1 cm³/mol. The Bertz CT molecular complexity index is 360.